The first-order valence-corrected chi connectivity index (χ1v) is 7.03. The van der Waals surface area contributed by atoms with Crippen molar-refractivity contribution < 1.29 is 5.41 Å². The monoisotopic (exact) mass is 271 g/mol. The smallest absolute Gasteiger partial charge is 0.160 e. The predicted octanol–water partition coefficient (Wildman–Crippen LogP) is 2.71. The third-order valence-electron chi connectivity index (χ3n) is 3.00. The van der Waals surface area contributed by atoms with Gasteiger partial charge in [0, 0.05) is 25.0 Å². The van der Waals surface area contributed by atoms with Crippen molar-refractivity contribution in [3.63, 3.8) is 0 Å². The third kappa shape index (κ3) is 3.12. The van der Waals surface area contributed by atoms with Crippen LogP contribution < -0.4 is 10.3 Å². The Hall–Kier alpha value is -1.87. The van der Waals surface area contributed by atoms with Crippen molar-refractivity contribution in [1.82, 2.24) is 0 Å². The highest BCUT2D eigenvalue weighted by atomic mass is 32.1. The molecule has 0 bridgehead atoms. The molecular weight excluding hydrogens is 252 g/mol. The van der Waals surface area contributed by atoms with Crippen LogP contribution in [-0.2, 0) is 0 Å². The zero-order valence-corrected chi connectivity index (χ0v) is 12.4. The molecule has 0 saturated carbocycles. The van der Waals surface area contributed by atoms with Crippen LogP contribution in [0.5, 0.6) is 0 Å². The van der Waals surface area contributed by atoms with Crippen LogP contribution in [0, 0.1) is 0 Å². The van der Waals surface area contributed by atoms with Gasteiger partial charge in [-0.3, -0.25) is 5.41 Å². The van der Waals surface area contributed by atoms with Gasteiger partial charge in [-0.05, 0) is 35.8 Å². The molecule has 2 N–H and O–H groups in total. The van der Waals surface area contributed by atoms with Gasteiger partial charge in [0.25, 0.3) is 0 Å². The third-order valence-corrected chi connectivity index (χ3v) is 4.31. The Bertz CT molecular complexity index is 591. The van der Waals surface area contributed by atoms with Gasteiger partial charge in [0.2, 0.25) is 0 Å². The fraction of sp³-hybridized carbons (Fsp3) is 0.188. The summed E-state index contributed by atoms with van der Waals surface area (Å²) in [5, 5.41) is 6.69. The van der Waals surface area contributed by atoms with Crippen molar-refractivity contribution in [3.8, 4) is 10.4 Å². The molecule has 19 heavy (non-hydrogen) atoms. The fourth-order valence-electron chi connectivity index (χ4n) is 1.86. The molecule has 3 heteroatoms. The summed E-state index contributed by atoms with van der Waals surface area (Å²) in [6.45, 7) is 2.06. The topological polar surface area (TPSA) is 28.8 Å². The van der Waals surface area contributed by atoms with Crippen LogP contribution in [0.1, 0.15) is 12.5 Å². The summed E-state index contributed by atoms with van der Waals surface area (Å²) < 4.78 is 0. The lowest BCUT2D eigenvalue weighted by Crippen LogP contribution is -2.28. The Balaban J connectivity index is 2.27. The highest BCUT2D eigenvalue weighted by Gasteiger charge is 2.04. The summed E-state index contributed by atoms with van der Waals surface area (Å²) in [6, 6.07) is 12.9. The summed E-state index contributed by atoms with van der Waals surface area (Å²) in [7, 11) is 4.13. The lowest BCUT2D eigenvalue weighted by atomic mass is 10.0. The minimum atomic E-state index is 1.18. The Kier molecular flexibility index (Phi) is 4.17. The van der Waals surface area contributed by atoms with Crippen LogP contribution in [0.25, 0.3) is 16.0 Å². The average molecular weight is 271 g/mol. The second-order valence-electron chi connectivity index (χ2n) is 4.65. The van der Waals surface area contributed by atoms with Crippen LogP contribution in [-0.4, -0.2) is 20.3 Å². The number of anilines is 1. The van der Waals surface area contributed by atoms with Gasteiger partial charge in [0.1, 0.15) is 0 Å². The first kappa shape index (κ1) is 13.6. The van der Waals surface area contributed by atoms with Crippen molar-refractivity contribution in [2.45, 2.75) is 6.92 Å². The molecule has 0 fully saturated rings. The molecule has 2 aromatic rings. The number of nitrogens with two attached hydrogens (primary N) is 1. The highest BCUT2D eigenvalue weighted by Crippen LogP contribution is 2.33. The summed E-state index contributed by atoms with van der Waals surface area (Å²) in [5.74, 6) is 0. The van der Waals surface area contributed by atoms with Crippen LogP contribution in [0.15, 0.2) is 42.5 Å². The first-order chi connectivity index (χ1) is 9.11. The maximum absolute atomic E-state index is 5.41. The number of benzene rings is 1. The zero-order valence-electron chi connectivity index (χ0n) is 11.6. The molecular formula is C16H19N2S+. The second kappa shape index (κ2) is 5.85. The summed E-state index contributed by atoms with van der Waals surface area (Å²) in [4.78, 5) is 3.43. The molecule has 0 radical (unpaired) electrons. The van der Waals surface area contributed by atoms with Gasteiger partial charge in [-0.1, -0.05) is 24.3 Å². The SMILES string of the molecule is C/C(=C\C=[NH2+])c1ccc(-c2ccc(N(C)C)s2)cc1. The van der Waals surface area contributed by atoms with Crippen molar-refractivity contribution in [1.29, 1.82) is 0 Å². The van der Waals surface area contributed by atoms with E-state index in [9.17, 15) is 0 Å². The number of thiophene rings is 1. The first-order valence-electron chi connectivity index (χ1n) is 6.21. The van der Waals surface area contributed by atoms with E-state index in [2.05, 4.69) is 62.3 Å². The highest BCUT2D eigenvalue weighted by molar-refractivity contribution is 7.19. The van der Waals surface area contributed by atoms with Gasteiger partial charge in [-0.15, -0.1) is 11.3 Å². The van der Waals surface area contributed by atoms with Gasteiger partial charge in [-0.25, -0.2) is 0 Å². The standard InChI is InChI=1S/C16H18N2S/c1-12(10-11-17)13-4-6-14(7-5-13)15-8-9-16(19-15)18(2)3/h4-11,17H,1-3H3/p+1/b12-10+,17-11?. The molecule has 2 nitrogen and oxygen atoms in total. The molecule has 0 spiro atoms. The maximum Gasteiger partial charge on any atom is 0.160 e. The molecule has 0 saturated heterocycles. The lowest BCUT2D eigenvalue weighted by molar-refractivity contribution is -0.104. The normalized spacial score (nSPS) is 11.4. The number of hydrogen-bond acceptors (Lipinski definition) is 2. The Morgan fingerprint density at radius 2 is 1.79 bits per heavy atom. The van der Waals surface area contributed by atoms with Gasteiger partial charge in [0.05, 0.1) is 5.00 Å². The van der Waals surface area contributed by atoms with Crippen LogP contribution in [0.3, 0.4) is 0 Å². The van der Waals surface area contributed by atoms with E-state index in [1.54, 1.807) is 17.6 Å². The Morgan fingerprint density at radius 1 is 1.11 bits per heavy atom. The van der Waals surface area contributed by atoms with Gasteiger partial charge in [0.15, 0.2) is 6.21 Å². The molecule has 0 amide bonds. The van der Waals surface area contributed by atoms with Crippen molar-refractivity contribution >= 4 is 28.1 Å². The molecule has 0 aliphatic rings. The molecule has 2 rings (SSSR count). The van der Waals surface area contributed by atoms with E-state index in [1.807, 2.05) is 6.08 Å². The molecule has 0 atom stereocenters. The minimum Gasteiger partial charge on any atom is -0.370 e. The molecule has 0 aliphatic carbocycles. The Morgan fingerprint density at radius 3 is 2.32 bits per heavy atom. The van der Waals surface area contributed by atoms with Gasteiger partial charge >= 0.3 is 0 Å². The van der Waals surface area contributed by atoms with E-state index >= 15 is 0 Å². The number of rotatable bonds is 4. The average Bonchev–Trinajstić information content (AvgIpc) is 2.89. The van der Waals surface area contributed by atoms with Crippen LogP contribution in [0.2, 0.25) is 0 Å². The number of hydrogen-bond donors (Lipinski definition) is 1. The van der Waals surface area contributed by atoms with E-state index in [0.717, 1.165) is 0 Å². The molecule has 98 valence electrons. The van der Waals surface area contributed by atoms with Crippen molar-refractivity contribution in [2.24, 2.45) is 0 Å². The van der Waals surface area contributed by atoms with Crippen LogP contribution in [0.4, 0.5) is 5.00 Å². The summed E-state index contributed by atoms with van der Waals surface area (Å²) in [5.41, 5.74) is 3.63. The van der Waals surface area contributed by atoms with Crippen molar-refractivity contribution in [2.75, 3.05) is 19.0 Å². The molecule has 0 unspecified atom stereocenters. The van der Waals surface area contributed by atoms with E-state index < -0.39 is 0 Å². The van der Waals surface area contributed by atoms with E-state index in [0.29, 0.717) is 0 Å². The van der Waals surface area contributed by atoms with Crippen molar-refractivity contribution in [3.05, 3.63) is 48.0 Å². The van der Waals surface area contributed by atoms with Gasteiger partial charge < -0.3 is 4.90 Å². The van der Waals surface area contributed by atoms with E-state index in [4.69, 9.17) is 5.41 Å². The minimum absolute atomic E-state index is 1.18. The largest absolute Gasteiger partial charge is 0.370 e. The van der Waals surface area contributed by atoms with Crippen LogP contribution >= 0.6 is 11.3 Å². The van der Waals surface area contributed by atoms with Gasteiger partial charge in [-0.2, -0.15) is 0 Å². The molecule has 1 aromatic carbocycles. The zero-order chi connectivity index (χ0) is 13.8. The lowest BCUT2D eigenvalue weighted by Gasteiger charge is -2.07. The van der Waals surface area contributed by atoms with E-state index in [1.165, 1.54) is 26.6 Å². The molecule has 0 aliphatic heterocycles. The van der Waals surface area contributed by atoms with E-state index in [-0.39, 0.29) is 0 Å². The number of nitrogens with zero attached hydrogens (tertiary/aromatic N) is 1. The predicted molar refractivity (Wildman–Crippen MR) is 85.7 cm³/mol. The maximum atomic E-state index is 5.41. The summed E-state index contributed by atoms with van der Waals surface area (Å²) >= 11 is 1.80. The second-order valence-corrected chi connectivity index (χ2v) is 5.71. The fourth-order valence-corrected chi connectivity index (χ4v) is 2.80. The molecule has 1 aromatic heterocycles. The quantitative estimate of drug-likeness (QED) is 0.851. The Labute approximate surface area is 118 Å². The number of allylic oxidation sites excluding steroid dienone is 2. The molecule has 1 heterocycles. The summed E-state index contributed by atoms with van der Waals surface area (Å²) in [6.07, 6.45) is 3.50.